The molecule has 7 nitrogen and oxygen atoms in total. The molecule has 0 aliphatic carbocycles. The van der Waals surface area contributed by atoms with E-state index >= 15 is 0 Å². The van der Waals surface area contributed by atoms with Crippen LogP contribution in [0.2, 0.25) is 0 Å². The molecule has 0 radical (unpaired) electrons. The van der Waals surface area contributed by atoms with E-state index in [2.05, 4.69) is 287 Å². The van der Waals surface area contributed by atoms with Crippen molar-refractivity contribution in [1.82, 2.24) is 23.9 Å². The molecule has 0 amide bonds. The number of anilines is 5. The molecule has 9 heteroatoms. The Morgan fingerprint density at radius 2 is 0.742 bits per heavy atom. The highest BCUT2D eigenvalue weighted by atomic mass is 15.3. The van der Waals surface area contributed by atoms with Gasteiger partial charge < -0.3 is 13.9 Å². The van der Waals surface area contributed by atoms with Crippen molar-refractivity contribution >= 4 is 151 Å². The molecule has 0 atom stereocenters. The molecular weight excluding hydrogens is 1080 g/mol. The fourth-order valence-electron chi connectivity index (χ4n) is 16.3. The van der Waals surface area contributed by atoms with Crippen molar-refractivity contribution < 1.29 is 0 Å². The van der Waals surface area contributed by atoms with E-state index in [9.17, 15) is 0 Å². The average Bonchev–Trinajstić information content (AvgIpc) is 1.64. The Labute approximate surface area is 511 Å². The van der Waals surface area contributed by atoms with Crippen LogP contribution in [0, 0.1) is 0 Å². The van der Waals surface area contributed by atoms with Crippen molar-refractivity contribution in [3.05, 3.63) is 267 Å². The van der Waals surface area contributed by atoms with Gasteiger partial charge in [-0.3, -0.25) is 4.90 Å². The highest BCUT2D eigenvalue weighted by Gasteiger charge is 2.45. The summed E-state index contributed by atoms with van der Waals surface area (Å²) in [5, 5.41) is 14.8. The smallest absolute Gasteiger partial charge is 0.333 e. The van der Waals surface area contributed by atoms with Gasteiger partial charge >= 0.3 is 13.7 Å². The molecule has 408 valence electrons. The molecule has 0 unspecified atom stereocenters. The Hall–Kier alpha value is -11.5. The zero-order chi connectivity index (χ0) is 57.9. The molecule has 0 fully saturated rings. The normalized spacial score (nSPS) is 13.4. The predicted octanol–water partition coefficient (Wildman–Crippen LogP) is 16.8. The lowest BCUT2D eigenvalue weighted by Gasteiger charge is -2.39. The number of benzene rings is 14. The highest BCUT2D eigenvalue weighted by Crippen LogP contribution is 2.48. The fourth-order valence-corrected chi connectivity index (χ4v) is 16.3. The number of aromatic nitrogens is 5. The van der Waals surface area contributed by atoms with Gasteiger partial charge in [-0.25, -0.2) is 4.98 Å². The van der Waals surface area contributed by atoms with Gasteiger partial charge in [-0.1, -0.05) is 200 Å². The number of rotatable bonds is 4. The van der Waals surface area contributed by atoms with Crippen LogP contribution in [0.5, 0.6) is 0 Å². The van der Waals surface area contributed by atoms with E-state index in [0.29, 0.717) is 17.6 Å². The van der Waals surface area contributed by atoms with Crippen LogP contribution < -0.4 is 31.7 Å². The van der Waals surface area contributed by atoms with Gasteiger partial charge in [-0.15, -0.1) is 0 Å². The van der Waals surface area contributed by atoms with E-state index in [0.717, 1.165) is 39.0 Å². The number of hydrogen-bond acceptors (Lipinski definition) is 5. The minimum Gasteiger partial charge on any atom is -0.375 e. The first-order valence-corrected chi connectivity index (χ1v) is 30.8. The monoisotopic (exact) mass is 1130 g/mol. The second-order valence-electron chi connectivity index (χ2n) is 24.7. The SMILES string of the molecule is CN1c2cc3cc4ccc(-c5ccc(-c6nc(-c7ccccc7)nc(N7c8cc9cc%10ccccc%10cc9cc8B8c9c(cccc97)-c7cccc9c%10ccccc%10n8c79)n6)cc5)cc4cc3cc2B2c3c(cccc31)-c1cccc3c4ccccc4n2c13. The first-order chi connectivity index (χ1) is 44.0. The third-order valence-corrected chi connectivity index (χ3v) is 20.2. The Morgan fingerprint density at radius 1 is 0.292 bits per heavy atom. The summed E-state index contributed by atoms with van der Waals surface area (Å²) >= 11 is 0. The lowest BCUT2D eigenvalue weighted by Crippen LogP contribution is -2.56. The minimum atomic E-state index is -0.117. The van der Waals surface area contributed by atoms with Crippen LogP contribution >= 0.6 is 0 Å². The van der Waals surface area contributed by atoms with Gasteiger partial charge in [-0.05, 0) is 154 Å². The summed E-state index contributed by atoms with van der Waals surface area (Å²) in [5.41, 5.74) is 24.0. The van der Waals surface area contributed by atoms with Gasteiger partial charge in [0.2, 0.25) is 5.95 Å². The van der Waals surface area contributed by atoms with Crippen molar-refractivity contribution in [3.8, 4) is 56.2 Å². The summed E-state index contributed by atoms with van der Waals surface area (Å²) in [7, 11) is 2.24. The van der Waals surface area contributed by atoms with Crippen LogP contribution in [-0.2, 0) is 0 Å². The molecule has 4 aliphatic heterocycles. The van der Waals surface area contributed by atoms with Crippen LogP contribution in [0.15, 0.2) is 267 Å². The summed E-state index contributed by atoms with van der Waals surface area (Å²) in [6, 6.07) is 99.0. The van der Waals surface area contributed by atoms with E-state index < -0.39 is 0 Å². The van der Waals surface area contributed by atoms with Crippen LogP contribution in [0.25, 0.3) is 143 Å². The molecular formula is C80H47B2N7. The quantitative estimate of drug-likeness (QED) is 0.130. The van der Waals surface area contributed by atoms with Gasteiger partial charge in [-0.2, -0.15) is 9.97 Å². The fraction of sp³-hybridized carbons (Fsp3) is 0.0125. The van der Waals surface area contributed by atoms with Crippen molar-refractivity contribution in [2.45, 2.75) is 0 Å². The second-order valence-corrected chi connectivity index (χ2v) is 24.7. The summed E-state index contributed by atoms with van der Waals surface area (Å²) in [6.45, 7) is -0.0915. The Morgan fingerprint density at radius 3 is 1.38 bits per heavy atom. The van der Waals surface area contributed by atoms with E-state index in [-0.39, 0.29) is 13.7 Å². The minimum absolute atomic E-state index is 0.0255. The van der Waals surface area contributed by atoms with Crippen LogP contribution in [0.3, 0.4) is 0 Å². The van der Waals surface area contributed by atoms with Crippen molar-refractivity contribution in [3.63, 3.8) is 0 Å². The third kappa shape index (κ3) is 6.45. The van der Waals surface area contributed by atoms with Crippen molar-refractivity contribution in [2.24, 2.45) is 0 Å². The molecule has 14 aromatic carbocycles. The maximum Gasteiger partial charge on any atom is 0.333 e. The number of para-hydroxylation sites is 4. The third-order valence-electron chi connectivity index (χ3n) is 20.2. The largest absolute Gasteiger partial charge is 0.375 e. The van der Waals surface area contributed by atoms with E-state index in [1.54, 1.807) is 0 Å². The number of hydrogen-bond donors (Lipinski definition) is 0. The topological polar surface area (TPSA) is 55.0 Å². The van der Waals surface area contributed by atoms with Crippen molar-refractivity contribution in [2.75, 3.05) is 16.8 Å². The average molecular weight is 1130 g/mol. The van der Waals surface area contributed by atoms with E-state index in [4.69, 9.17) is 15.0 Å². The molecule has 3 aromatic heterocycles. The standard InChI is InChI=1S/C80H47B2N7/c1-86-70-29-13-21-60-64-25-11-23-62-58-19-7-9-27-68(58)88(76(62)64)81(74(60)70)66-42-55-41-53-39-51(35-36-52(53)40-56(55)44-72(66)86)46-31-33-48(34-32-46)79-83-78(47-15-3-2-4-16-47)84-80(85-79)87-71-30-14-22-61-65-26-12-24-63-59-20-8-10-28-69(59)89(77(63)65)82(75(61)71)67-43-54-37-49-17-5-6-18-50(49)38-57(54)45-73(67)87/h2-45H,1H3. The maximum atomic E-state index is 5.57. The Bertz CT molecular complexity index is 6050. The first kappa shape index (κ1) is 47.7. The number of fused-ring (bicyclic) bond motifs is 18. The van der Waals surface area contributed by atoms with E-state index in [1.807, 2.05) is 6.07 Å². The summed E-state index contributed by atoms with van der Waals surface area (Å²) in [6.07, 6.45) is 0. The second kappa shape index (κ2) is 17.3. The van der Waals surface area contributed by atoms with Crippen LogP contribution in [0.4, 0.5) is 28.7 Å². The zero-order valence-corrected chi connectivity index (χ0v) is 48.2. The molecule has 4 aliphatic rings. The predicted molar refractivity (Wildman–Crippen MR) is 373 cm³/mol. The first-order valence-electron chi connectivity index (χ1n) is 30.8. The summed E-state index contributed by atoms with van der Waals surface area (Å²) in [4.78, 5) is 21.1. The molecule has 0 bridgehead atoms. The molecule has 7 heterocycles. The van der Waals surface area contributed by atoms with Gasteiger partial charge in [0.25, 0.3) is 0 Å². The molecule has 0 saturated heterocycles. The molecule has 0 spiro atoms. The molecule has 0 saturated carbocycles. The Balaban J connectivity index is 0.705. The lowest BCUT2D eigenvalue weighted by atomic mass is 9.45. The lowest BCUT2D eigenvalue weighted by molar-refractivity contribution is 1.02. The highest BCUT2D eigenvalue weighted by molar-refractivity contribution is 6.91. The molecule has 0 N–H and O–H groups in total. The molecule has 89 heavy (non-hydrogen) atoms. The molecule has 21 rings (SSSR count). The van der Waals surface area contributed by atoms with E-state index in [1.165, 1.54) is 137 Å². The maximum absolute atomic E-state index is 5.57. The summed E-state index contributed by atoms with van der Waals surface area (Å²) < 4.78 is 5.24. The van der Waals surface area contributed by atoms with Gasteiger partial charge in [0, 0.05) is 95.7 Å². The van der Waals surface area contributed by atoms with Crippen LogP contribution in [-0.4, -0.2) is 44.7 Å². The van der Waals surface area contributed by atoms with Crippen LogP contribution in [0.1, 0.15) is 0 Å². The van der Waals surface area contributed by atoms with Crippen molar-refractivity contribution in [1.29, 1.82) is 0 Å². The number of nitrogens with zero attached hydrogens (tertiary/aromatic N) is 7. The summed E-state index contributed by atoms with van der Waals surface area (Å²) in [5.74, 6) is 1.78. The van der Waals surface area contributed by atoms with Gasteiger partial charge in [0.1, 0.15) is 0 Å². The molecule has 17 aromatic rings. The zero-order valence-electron chi connectivity index (χ0n) is 48.2. The Kier molecular flexibility index (Phi) is 9.29. The van der Waals surface area contributed by atoms with Gasteiger partial charge in [0.05, 0.1) is 0 Å². The van der Waals surface area contributed by atoms with Gasteiger partial charge in [0.15, 0.2) is 11.6 Å².